The fourth-order valence-corrected chi connectivity index (χ4v) is 3.09. The summed E-state index contributed by atoms with van der Waals surface area (Å²) in [4.78, 5) is 29.5. The molecule has 0 unspecified atom stereocenters. The normalized spacial score (nSPS) is 16.3. The van der Waals surface area contributed by atoms with Crippen molar-refractivity contribution in [3.05, 3.63) is 47.5 Å². The Morgan fingerprint density at radius 2 is 1.88 bits per heavy atom. The molecule has 1 aromatic carbocycles. The second-order valence-corrected chi connectivity index (χ2v) is 6.41. The standard InChI is InChI=1S/C18H20N4O2/c23-17(19-12-6-2-1-3-7-12)15-14-8-4-5-11-22(14)16(21-15)18(24)20-13-9-10-13/h1-3,6-7,13H,4-5,8-11H2,(H,19,23)(H,20,24). The highest BCUT2D eigenvalue weighted by molar-refractivity contribution is 6.05. The van der Waals surface area contributed by atoms with Gasteiger partial charge in [-0.2, -0.15) is 0 Å². The largest absolute Gasteiger partial charge is 0.347 e. The number of imidazole rings is 1. The van der Waals surface area contributed by atoms with E-state index in [0.29, 0.717) is 11.5 Å². The van der Waals surface area contributed by atoms with Crippen LogP contribution in [0, 0.1) is 0 Å². The van der Waals surface area contributed by atoms with Gasteiger partial charge in [0.2, 0.25) is 0 Å². The van der Waals surface area contributed by atoms with Crippen LogP contribution in [0.25, 0.3) is 0 Å². The lowest BCUT2D eigenvalue weighted by atomic mass is 10.1. The molecule has 0 bridgehead atoms. The number of anilines is 1. The van der Waals surface area contributed by atoms with Crippen LogP contribution in [0.2, 0.25) is 0 Å². The van der Waals surface area contributed by atoms with Crippen molar-refractivity contribution in [2.75, 3.05) is 5.32 Å². The number of amides is 2. The number of carbonyl (C=O) groups excluding carboxylic acids is 2. The zero-order chi connectivity index (χ0) is 16.5. The Hall–Kier alpha value is -2.63. The molecule has 124 valence electrons. The maximum Gasteiger partial charge on any atom is 0.287 e. The van der Waals surface area contributed by atoms with E-state index in [4.69, 9.17) is 0 Å². The van der Waals surface area contributed by atoms with Gasteiger partial charge >= 0.3 is 0 Å². The summed E-state index contributed by atoms with van der Waals surface area (Å²) in [5, 5.41) is 5.84. The smallest absolute Gasteiger partial charge is 0.287 e. The van der Waals surface area contributed by atoms with Crippen molar-refractivity contribution in [2.24, 2.45) is 0 Å². The van der Waals surface area contributed by atoms with Crippen molar-refractivity contribution in [1.82, 2.24) is 14.9 Å². The van der Waals surface area contributed by atoms with E-state index in [9.17, 15) is 9.59 Å². The summed E-state index contributed by atoms with van der Waals surface area (Å²) in [7, 11) is 0. The summed E-state index contributed by atoms with van der Waals surface area (Å²) in [6, 6.07) is 9.58. The van der Waals surface area contributed by atoms with E-state index in [1.54, 1.807) is 0 Å². The van der Waals surface area contributed by atoms with Crippen LogP contribution in [0.4, 0.5) is 5.69 Å². The number of nitrogens with zero attached hydrogens (tertiary/aromatic N) is 2. The van der Waals surface area contributed by atoms with E-state index in [0.717, 1.165) is 50.0 Å². The van der Waals surface area contributed by atoms with E-state index < -0.39 is 0 Å². The molecule has 24 heavy (non-hydrogen) atoms. The highest BCUT2D eigenvalue weighted by Crippen LogP contribution is 2.24. The Labute approximate surface area is 140 Å². The molecule has 6 heteroatoms. The molecule has 4 rings (SSSR count). The Morgan fingerprint density at radius 3 is 2.62 bits per heavy atom. The van der Waals surface area contributed by atoms with Crippen LogP contribution in [-0.4, -0.2) is 27.4 Å². The minimum absolute atomic E-state index is 0.167. The number of hydrogen-bond acceptors (Lipinski definition) is 3. The second kappa shape index (κ2) is 6.11. The summed E-state index contributed by atoms with van der Waals surface area (Å²) in [5.41, 5.74) is 1.97. The molecular formula is C18H20N4O2. The first-order valence-electron chi connectivity index (χ1n) is 8.49. The van der Waals surface area contributed by atoms with Gasteiger partial charge in [-0.15, -0.1) is 0 Å². The van der Waals surface area contributed by atoms with Crippen LogP contribution in [0.15, 0.2) is 30.3 Å². The minimum atomic E-state index is -0.252. The molecule has 0 radical (unpaired) electrons. The lowest BCUT2D eigenvalue weighted by Crippen LogP contribution is -2.29. The molecule has 2 N–H and O–H groups in total. The molecule has 1 aromatic heterocycles. The summed E-state index contributed by atoms with van der Waals surface area (Å²) in [6.45, 7) is 0.744. The molecule has 0 spiro atoms. The average molecular weight is 324 g/mol. The molecule has 0 atom stereocenters. The maximum atomic E-state index is 12.6. The van der Waals surface area contributed by atoms with Gasteiger partial charge in [-0.25, -0.2) is 4.98 Å². The van der Waals surface area contributed by atoms with Crippen molar-refractivity contribution in [3.63, 3.8) is 0 Å². The Bertz CT molecular complexity index is 778. The summed E-state index contributed by atoms with van der Waals surface area (Å²) < 4.78 is 1.92. The van der Waals surface area contributed by atoms with Gasteiger partial charge in [-0.1, -0.05) is 18.2 Å². The number of fused-ring (bicyclic) bond motifs is 1. The lowest BCUT2D eigenvalue weighted by molar-refractivity contribution is 0.0935. The van der Waals surface area contributed by atoms with Crippen molar-refractivity contribution in [3.8, 4) is 0 Å². The Kier molecular flexibility index (Phi) is 3.80. The van der Waals surface area contributed by atoms with E-state index >= 15 is 0 Å². The van der Waals surface area contributed by atoms with Gasteiger partial charge in [0, 0.05) is 18.3 Å². The van der Waals surface area contributed by atoms with E-state index in [1.807, 2.05) is 34.9 Å². The van der Waals surface area contributed by atoms with Gasteiger partial charge in [0.15, 0.2) is 11.5 Å². The third-order valence-corrected chi connectivity index (χ3v) is 4.48. The zero-order valence-electron chi connectivity index (χ0n) is 13.4. The third kappa shape index (κ3) is 2.91. The molecule has 1 fully saturated rings. The highest BCUT2D eigenvalue weighted by atomic mass is 16.2. The van der Waals surface area contributed by atoms with Gasteiger partial charge in [0.1, 0.15) is 0 Å². The molecule has 0 saturated heterocycles. The van der Waals surface area contributed by atoms with Crippen LogP contribution in [-0.2, 0) is 13.0 Å². The second-order valence-electron chi connectivity index (χ2n) is 6.41. The first-order chi connectivity index (χ1) is 11.7. The topological polar surface area (TPSA) is 76.0 Å². The molecule has 2 aliphatic rings. The molecule has 1 aliphatic heterocycles. The number of carbonyl (C=O) groups is 2. The molecule has 1 saturated carbocycles. The van der Waals surface area contributed by atoms with Crippen molar-refractivity contribution in [1.29, 1.82) is 0 Å². The number of para-hydroxylation sites is 1. The fraction of sp³-hybridized carbons (Fsp3) is 0.389. The highest BCUT2D eigenvalue weighted by Gasteiger charge is 2.30. The summed E-state index contributed by atoms with van der Waals surface area (Å²) in [6.07, 6.45) is 4.86. The monoisotopic (exact) mass is 324 g/mol. The van der Waals surface area contributed by atoms with Crippen molar-refractivity contribution < 1.29 is 9.59 Å². The molecular weight excluding hydrogens is 304 g/mol. The van der Waals surface area contributed by atoms with E-state index in [-0.39, 0.29) is 17.9 Å². The third-order valence-electron chi connectivity index (χ3n) is 4.48. The average Bonchev–Trinajstić information content (AvgIpc) is 3.32. The minimum Gasteiger partial charge on any atom is -0.347 e. The number of aromatic nitrogens is 2. The predicted octanol–water partition coefficient (Wildman–Crippen LogP) is 2.36. The van der Waals surface area contributed by atoms with Crippen LogP contribution in [0.1, 0.15) is 52.5 Å². The van der Waals surface area contributed by atoms with Gasteiger partial charge in [-0.3, -0.25) is 9.59 Å². The predicted molar refractivity (Wildman–Crippen MR) is 90.0 cm³/mol. The SMILES string of the molecule is O=C(Nc1ccccc1)c1nc(C(=O)NC2CC2)n2c1CCCC2. The molecule has 2 aromatic rings. The zero-order valence-corrected chi connectivity index (χ0v) is 13.4. The lowest BCUT2D eigenvalue weighted by Gasteiger charge is -2.17. The van der Waals surface area contributed by atoms with Crippen LogP contribution < -0.4 is 10.6 Å². The molecule has 2 heterocycles. The van der Waals surface area contributed by atoms with Crippen molar-refractivity contribution >= 4 is 17.5 Å². The first-order valence-corrected chi connectivity index (χ1v) is 8.49. The fourth-order valence-electron chi connectivity index (χ4n) is 3.09. The number of nitrogens with one attached hydrogen (secondary N) is 2. The van der Waals surface area contributed by atoms with Crippen LogP contribution in [0.5, 0.6) is 0 Å². The number of rotatable bonds is 4. The van der Waals surface area contributed by atoms with Crippen LogP contribution >= 0.6 is 0 Å². The Morgan fingerprint density at radius 1 is 1.08 bits per heavy atom. The quantitative estimate of drug-likeness (QED) is 0.906. The number of hydrogen-bond donors (Lipinski definition) is 2. The van der Waals surface area contributed by atoms with Crippen molar-refractivity contribution in [2.45, 2.75) is 44.7 Å². The van der Waals surface area contributed by atoms with Gasteiger partial charge in [-0.05, 0) is 44.2 Å². The Balaban J connectivity index is 1.63. The number of benzene rings is 1. The van der Waals surface area contributed by atoms with E-state index in [2.05, 4.69) is 15.6 Å². The summed E-state index contributed by atoms with van der Waals surface area (Å²) in [5.74, 6) is -0.0495. The van der Waals surface area contributed by atoms with E-state index in [1.165, 1.54) is 0 Å². The van der Waals surface area contributed by atoms with Gasteiger partial charge in [0.05, 0.1) is 5.69 Å². The summed E-state index contributed by atoms with van der Waals surface area (Å²) >= 11 is 0. The molecule has 6 nitrogen and oxygen atoms in total. The molecule has 1 aliphatic carbocycles. The van der Waals surface area contributed by atoms with Crippen LogP contribution in [0.3, 0.4) is 0 Å². The molecule has 2 amide bonds. The van der Waals surface area contributed by atoms with Gasteiger partial charge < -0.3 is 15.2 Å². The maximum absolute atomic E-state index is 12.6. The van der Waals surface area contributed by atoms with Gasteiger partial charge in [0.25, 0.3) is 11.8 Å². The first kappa shape index (κ1) is 14.9.